The molecular formula is C16H19BrFNO3. The van der Waals surface area contributed by atoms with Crippen LogP contribution >= 0.6 is 15.9 Å². The maximum atomic E-state index is 13.6. The molecule has 0 heterocycles. The Morgan fingerprint density at radius 2 is 2.00 bits per heavy atom. The molecule has 22 heavy (non-hydrogen) atoms. The van der Waals surface area contributed by atoms with Crippen molar-refractivity contribution in [1.82, 2.24) is 5.32 Å². The third-order valence-corrected chi connectivity index (χ3v) is 4.25. The molecular weight excluding hydrogens is 353 g/mol. The lowest BCUT2D eigenvalue weighted by Gasteiger charge is -2.24. The highest BCUT2D eigenvalue weighted by Crippen LogP contribution is 2.19. The van der Waals surface area contributed by atoms with E-state index in [4.69, 9.17) is 4.74 Å². The fourth-order valence-electron chi connectivity index (χ4n) is 2.50. The summed E-state index contributed by atoms with van der Waals surface area (Å²) in [7, 11) is 0. The van der Waals surface area contributed by atoms with Gasteiger partial charge in [-0.1, -0.05) is 35.2 Å². The zero-order valence-electron chi connectivity index (χ0n) is 12.4. The van der Waals surface area contributed by atoms with E-state index in [0.29, 0.717) is 4.47 Å². The minimum absolute atomic E-state index is 0.144. The highest BCUT2D eigenvalue weighted by molar-refractivity contribution is 9.10. The molecule has 0 saturated heterocycles. The molecule has 4 nitrogen and oxygen atoms in total. The van der Waals surface area contributed by atoms with Gasteiger partial charge in [-0.15, -0.1) is 0 Å². The number of hydrogen-bond donors (Lipinski definition) is 1. The fraction of sp³-hybridized carbons (Fsp3) is 0.500. The van der Waals surface area contributed by atoms with Crippen molar-refractivity contribution >= 4 is 27.8 Å². The first-order chi connectivity index (χ1) is 10.5. The van der Waals surface area contributed by atoms with E-state index in [2.05, 4.69) is 21.2 Å². The summed E-state index contributed by atoms with van der Waals surface area (Å²) in [5.74, 6) is -1.85. The van der Waals surface area contributed by atoms with Gasteiger partial charge in [0.1, 0.15) is 5.82 Å². The monoisotopic (exact) mass is 371 g/mol. The Labute approximate surface area is 137 Å². The molecule has 120 valence electrons. The predicted molar refractivity (Wildman–Crippen MR) is 84.0 cm³/mol. The number of hydrogen-bond acceptors (Lipinski definition) is 3. The SMILES string of the molecule is C[C@@H](OC(=O)c1cc(Br)ccc1F)C(=O)NC1CCCCC1. The average molecular weight is 372 g/mol. The normalized spacial score (nSPS) is 16.9. The van der Waals surface area contributed by atoms with E-state index >= 15 is 0 Å². The first-order valence-electron chi connectivity index (χ1n) is 7.44. The van der Waals surface area contributed by atoms with E-state index in [9.17, 15) is 14.0 Å². The molecule has 0 radical (unpaired) electrons. The van der Waals surface area contributed by atoms with E-state index < -0.39 is 17.9 Å². The topological polar surface area (TPSA) is 55.4 Å². The molecule has 0 aromatic heterocycles. The van der Waals surface area contributed by atoms with E-state index in [1.807, 2.05) is 0 Å². The lowest BCUT2D eigenvalue weighted by Crippen LogP contribution is -2.42. The highest BCUT2D eigenvalue weighted by atomic mass is 79.9. The number of rotatable bonds is 4. The second-order valence-corrected chi connectivity index (χ2v) is 6.43. The predicted octanol–water partition coefficient (Wildman–Crippen LogP) is 3.58. The minimum Gasteiger partial charge on any atom is -0.449 e. The second-order valence-electron chi connectivity index (χ2n) is 5.52. The smallest absolute Gasteiger partial charge is 0.341 e. The fourth-order valence-corrected chi connectivity index (χ4v) is 2.86. The van der Waals surface area contributed by atoms with Crippen molar-refractivity contribution in [2.24, 2.45) is 0 Å². The average Bonchev–Trinajstić information content (AvgIpc) is 2.50. The first-order valence-corrected chi connectivity index (χ1v) is 8.23. The highest BCUT2D eigenvalue weighted by Gasteiger charge is 2.24. The Hall–Kier alpha value is -1.43. The zero-order chi connectivity index (χ0) is 16.1. The standard InChI is InChI=1S/C16H19BrFNO3/c1-10(15(20)19-12-5-3-2-4-6-12)22-16(21)13-9-11(17)7-8-14(13)18/h7-10,12H,2-6H2,1H3,(H,19,20)/t10-/m1/s1. The van der Waals surface area contributed by atoms with Crippen molar-refractivity contribution in [2.75, 3.05) is 0 Å². The number of nitrogens with one attached hydrogen (secondary N) is 1. The summed E-state index contributed by atoms with van der Waals surface area (Å²) in [5, 5.41) is 2.88. The molecule has 1 aromatic carbocycles. The van der Waals surface area contributed by atoms with Gasteiger partial charge in [-0.05, 0) is 38.0 Å². The first kappa shape index (κ1) is 16.9. The van der Waals surface area contributed by atoms with Crippen molar-refractivity contribution in [2.45, 2.75) is 51.2 Å². The molecule has 1 saturated carbocycles. The van der Waals surface area contributed by atoms with Crippen LogP contribution in [-0.2, 0) is 9.53 Å². The summed E-state index contributed by atoms with van der Waals surface area (Å²) in [6.45, 7) is 1.49. The summed E-state index contributed by atoms with van der Waals surface area (Å²) >= 11 is 3.17. The molecule has 0 spiro atoms. The third-order valence-electron chi connectivity index (χ3n) is 3.75. The van der Waals surface area contributed by atoms with Crippen LogP contribution in [0, 0.1) is 5.82 Å². The van der Waals surface area contributed by atoms with Gasteiger partial charge < -0.3 is 10.1 Å². The van der Waals surface area contributed by atoms with E-state index in [1.165, 1.54) is 31.5 Å². The van der Waals surface area contributed by atoms with Crippen LogP contribution in [0.2, 0.25) is 0 Å². The number of amides is 1. The van der Waals surface area contributed by atoms with Gasteiger partial charge in [0.2, 0.25) is 0 Å². The Morgan fingerprint density at radius 1 is 1.32 bits per heavy atom. The van der Waals surface area contributed by atoms with Crippen LogP contribution < -0.4 is 5.32 Å². The summed E-state index contributed by atoms with van der Waals surface area (Å²) in [5.41, 5.74) is -0.188. The quantitative estimate of drug-likeness (QED) is 0.822. The van der Waals surface area contributed by atoms with Crippen LogP contribution in [0.25, 0.3) is 0 Å². The maximum absolute atomic E-state index is 13.6. The molecule has 2 rings (SSSR count). The molecule has 0 bridgehead atoms. The molecule has 1 N–H and O–H groups in total. The molecule has 1 aliphatic carbocycles. The van der Waals surface area contributed by atoms with Gasteiger partial charge in [0.25, 0.3) is 5.91 Å². The van der Waals surface area contributed by atoms with Gasteiger partial charge in [-0.25, -0.2) is 9.18 Å². The molecule has 1 fully saturated rings. The van der Waals surface area contributed by atoms with Crippen molar-refractivity contribution in [1.29, 1.82) is 0 Å². The second kappa shape index (κ2) is 7.72. The third kappa shape index (κ3) is 4.53. The van der Waals surface area contributed by atoms with Crippen LogP contribution in [0.3, 0.4) is 0 Å². The van der Waals surface area contributed by atoms with Crippen LogP contribution in [-0.4, -0.2) is 24.0 Å². The molecule has 1 aliphatic rings. The summed E-state index contributed by atoms with van der Waals surface area (Å²) in [6.07, 6.45) is 4.34. The molecule has 1 aromatic rings. The Kier molecular flexibility index (Phi) is 5.94. The molecule has 0 unspecified atom stereocenters. The Balaban J connectivity index is 1.92. The van der Waals surface area contributed by atoms with Crippen LogP contribution in [0.15, 0.2) is 22.7 Å². The van der Waals surface area contributed by atoms with Crippen LogP contribution in [0.4, 0.5) is 4.39 Å². The molecule has 1 atom stereocenters. The van der Waals surface area contributed by atoms with E-state index in [0.717, 1.165) is 25.7 Å². The number of halogens is 2. The number of carbonyl (C=O) groups is 2. The largest absolute Gasteiger partial charge is 0.449 e. The summed E-state index contributed by atoms with van der Waals surface area (Å²) < 4.78 is 19.3. The van der Waals surface area contributed by atoms with Crippen molar-refractivity contribution in [3.8, 4) is 0 Å². The summed E-state index contributed by atoms with van der Waals surface area (Å²) in [6, 6.07) is 4.15. The Bertz CT molecular complexity index is 558. The van der Waals surface area contributed by atoms with E-state index in [1.54, 1.807) is 0 Å². The maximum Gasteiger partial charge on any atom is 0.341 e. The van der Waals surface area contributed by atoms with Gasteiger partial charge in [0.05, 0.1) is 5.56 Å². The molecule has 1 amide bonds. The van der Waals surface area contributed by atoms with Gasteiger partial charge in [0.15, 0.2) is 6.10 Å². The van der Waals surface area contributed by atoms with E-state index in [-0.39, 0.29) is 17.5 Å². The zero-order valence-corrected chi connectivity index (χ0v) is 14.0. The van der Waals surface area contributed by atoms with Gasteiger partial charge in [0, 0.05) is 10.5 Å². The Morgan fingerprint density at radius 3 is 2.68 bits per heavy atom. The van der Waals surface area contributed by atoms with Gasteiger partial charge >= 0.3 is 5.97 Å². The van der Waals surface area contributed by atoms with Crippen molar-refractivity contribution in [3.05, 3.63) is 34.1 Å². The lowest BCUT2D eigenvalue weighted by atomic mass is 9.95. The number of carbonyl (C=O) groups excluding carboxylic acids is 2. The van der Waals surface area contributed by atoms with Crippen LogP contribution in [0.5, 0.6) is 0 Å². The van der Waals surface area contributed by atoms with Gasteiger partial charge in [-0.3, -0.25) is 4.79 Å². The number of ether oxygens (including phenoxy) is 1. The number of esters is 1. The minimum atomic E-state index is -0.951. The number of benzene rings is 1. The van der Waals surface area contributed by atoms with Crippen LogP contribution in [0.1, 0.15) is 49.4 Å². The molecule has 6 heteroatoms. The summed E-state index contributed by atoms with van der Waals surface area (Å²) in [4.78, 5) is 24.0. The van der Waals surface area contributed by atoms with Crippen molar-refractivity contribution < 1.29 is 18.7 Å². The lowest BCUT2D eigenvalue weighted by molar-refractivity contribution is -0.130. The molecule has 0 aliphatic heterocycles. The van der Waals surface area contributed by atoms with Crippen molar-refractivity contribution in [3.63, 3.8) is 0 Å². The van der Waals surface area contributed by atoms with Gasteiger partial charge in [-0.2, -0.15) is 0 Å².